The fraction of sp³-hybridized carbons (Fsp3) is 0.714. The summed E-state index contributed by atoms with van der Waals surface area (Å²) < 4.78 is 5.24. The summed E-state index contributed by atoms with van der Waals surface area (Å²) in [5, 5.41) is 3.54. The molecule has 1 aromatic rings. The van der Waals surface area contributed by atoms with Crippen LogP contribution in [0.4, 0.5) is 0 Å². The number of furan rings is 1. The molecular weight excluding hydrogens is 368 g/mol. The highest BCUT2D eigenvalue weighted by Gasteiger charge is 2.25. The molecule has 1 unspecified atom stereocenters. The van der Waals surface area contributed by atoms with Crippen LogP contribution in [0, 0.1) is 5.92 Å². The molecular formula is C21H36N6O2. The molecule has 162 valence electrons. The molecule has 8 heteroatoms. The van der Waals surface area contributed by atoms with E-state index in [4.69, 9.17) is 4.42 Å². The third-order valence-electron chi connectivity index (χ3n) is 5.90. The highest BCUT2D eigenvalue weighted by Crippen LogP contribution is 2.10. The van der Waals surface area contributed by atoms with Gasteiger partial charge in [-0.3, -0.25) is 9.79 Å². The Kier molecular flexibility index (Phi) is 7.94. The summed E-state index contributed by atoms with van der Waals surface area (Å²) >= 11 is 0. The number of carbonyl (C=O) groups is 1. The first-order chi connectivity index (χ1) is 14.1. The van der Waals surface area contributed by atoms with Gasteiger partial charge in [-0.05, 0) is 24.6 Å². The highest BCUT2D eigenvalue weighted by atomic mass is 16.3. The lowest BCUT2D eigenvalue weighted by molar-refractivity contribution is 0.0657. The summed E-state index contributed by atoms with van der Waals surface area (Å²) in [7, 11) is 1.83. The van der Waals surface area contributed by atoms with Gasteiger partial charge in [-0.1, -0.05) is 13.8 Å². The van der Waals surface area contributed by atoms with Gasteiger partial charge < -0.3 is 29.3 Å². The van der Waals surface area contributed by atoms with Crippen LogP contribution in [-0.2, 0) is 0 Å². The largest absolute Gasteiger partial charge is 0.459 e. The van der Waals surface area contributed by atoms with Gasteiger partial charge >= 0.3 is 0 Å². The summed E-state index contributed by atoms with van der Waals surface area (Å²) in [5.41, 5.74) is 0. The van der Waals surface area contributed by atoms with Crippen molar-refractivity contribution in [1.82, 2.24) is 24.9 Å². The third-order valence-corrected chi connectivity index (χ3v) is 5.90. The lowest BCUT2D eigenvalue weighted by Crippen LogP contribution is -2.54. The van der Waals surface area contributed by atoms with E-state index in [9.17, 15) is 4.79 Å². The minimum absolute atomic E-state index is 0.0330. The van der Waals surface area contributed by atoms with Crippen LogP contribution < -0.4 is 5.32 Å². The summed E-state index contributed by atoms with van der Waals surface area (Å²) in [5.74, 6) is 1.86. The summed E-state index contributed by atoms with van der Waals surface area (Å²) in [6, 6.07) is 3.47. The van der Waals surface area contributed by atoms with E-state index in [1.165, 1.54) is 26.2 Å². The molecule has 2 aliphatic rings. The van der Waals surface area contributed by atoms with E-state index >= 15 is 0 Å². The minimum atomic E-state index is -0.0330. The number of guanidine groups is 1. The average Bonchev–Trinajstić information content (AvgIpc) is 3.29. The van der Waals surface area contributed by atoms with Crippen LogP contribution in [0.3, 0.4) is 0 Å². The normalized spacial score (nSPS) is 20.7. The smallest absolute Gasteiger partial charge is 0.289 e. The maximum atomic E-state index is 12.4. The second kappa shape index (κ2) is 10.6. The maximum Gasteiger partial charge on any atom is 0.289 e. The molecule has 1 aromatic heterocycles. The molecule has 0 aromatic carbocycles. The van der Waals surface area contributed by atoms with Crippen molar-refractivity contribution in [3.63, 3.8) is 0 Å². The van der Waals surface area contributed by atoms with Crippen LogP contribution in [0.1, 0.15) is 24.4 Å². The van der Waals surface area contributed by atoms with Crippen molar-refractivity contribution in [1.29, 1.82) is 0 Å². The third kappa shape index (κ3) is 5.96. The van der Waals surface area contributed by atoms with Crippen LogP contribution in [0.2, 0.25) is 0 Å². The fourth-order valence-electron chi connectivity index (χ4n) is 4.07. The number of carbonyl (C=O) groups excluding carboxylic acids is 1. The molecule has 29 heavy (non-hydrogen) atoms. The van der Waals surface area contributed by atoms with Crippen LogP contribution in [0.5, 0.6) is 0 Å². The highest BCUT2D eigenvalue weighted by molar-refractivity contribution is 5.91. The van der Waals surface area contributed by atoms with E-state index < -0.39 is 0 Å². The Morgan fingerprint density at radius 1 is 1.10 bits per heavy atom. The SMILES string of the molecule is CCN1CCN(CC(C)CNC(=NC)N2CCN(C(=O)c3ccco3)CC2)CC1. The van der Waals surface area contributed by atoms with E-state index in [1.807, 2.05) is 11.9 Å². The standard InChI is InChI=1S/C21H36N6O2/c1-4-24-7-9-25(10-8-24)17-18(2)16-23-21(22-3)27-13-11-26(12-14-27)20(28)19-6-5-15-29-19/h5-6,15,18H,4,7-14,16-17H2,1-3H3,(H,22,23). The predicted molar refractivity (Wildman–Crippen MR) is 115 cm³/mol. The van der Waals surface area contributed by atoms with Crippen LogP contribution in [-0.4, -0.2) is 111 Å². The molecule has 0 bridgehead atoms. The van der Waals surface area contributed by atoms with E-state index in [1.54, 1.807) is 18.4 Å². The van der Waals surface area contributed by atoms with Crippen molar-refractivity contribution < 1.29 is 9.21 Å². The number of amides is 1. The van der Waals surface area contributed by atoms with Gasteiger partial charge in [0.1, 0.15) is 0 Å². The first kappa shape index (κ1) is 21.6. The monoisotopic (exact) mass is 404 g/mol. The topological polar surface area (TPSA) is 67.6 Å². The Balaban J connectivity index is 1.39. The summed E-state index contributed by atoms with van der Waals surface area (Å²) in [6.45, 7) is 15.3. The molecule has 0 aliphatic carbocycles. The van der Waals surface area contributed by atoms with E-state index in [-0.39, 0.29) is 5.91 Å². The van der Waals surface area contributed by atoms with Crippen LogP contribution >= 0.6 is 0 Å². The number of piperazine rings is 2. The van der Waals surface area contributed by atoms with Gasteiger partial charge in [-0.2, -0.15) is 0 Å². The zero-order valence-electron chi connectivity index (χ0n) is 18.1. The zero-order valence-corrected chi connectivity index (χ0v) is 18.1. The second-order valence-electron chi connectivity index (χ2n) is 8.02. The number of aliphatic imine (C=N–C) groups is 1. The van der Waals surface area contributed by atoms with Gasteiger partial charge in [-0.15, -0.1) is 0 Å². The van der Waals surface area contributed by atoms with Gasteiger partial charge in [0.05, 0.1) is 6.26 Å². The zero-order chi connectivity index (χ0) is 20.6. The molecule has 0 radical (unpaired) electrons. The van der Waals surface area contributed by atoms with E-state index in [2.05, 4.69) is 38.9 Å². The van der Waals surface area contributed by atoms with Crippen LogP contribution in [0.15, 0.2) is 27.8 Å². The van der Waals surface area contributed by atoms with Gasteiger partial charge in [-0.25, -0.2) is 0 Å². The minimum Gasteiger partial charge on any atom is -0.459 e. The molecule has 3 rings (SSSR count). The number of rotatable bonds is 6. The molecule has 1 atom stereocenters. The Morgan fingerprint density at radius 2 is 1.76 bits per heavy atom. The van der Waals surface area contributed by atoms with Gasteiger partial charge in [0.2, 0.25) is 0 Å². The number of hydrogen-bond acceptors (Lipinski definition) is 5. The van der Waals surface area contributed by atoms with Crippen molar-refractivity contribution in [3.05, 3.63) is 24.2 Å². The molecule has 0 spiro atoms. The number of likely N-dealkylation sites (N-methyl/N-ethyl adjacent to an activating group) is 1. The molecule has 2 aliphatic heterocycles. The first-order valence-electron chi connectivity index (χ1n) is 10.8. The average molecular weight is 405 g/mol. The molecule has 1 amide bonds. The van der Waals surface area contributed by atoms with E-state index in [0.29, 0.717) is 24.8 Å². The molecule has 8 nitrogen and oxygen atoms in total. The van der Waals surface area contributed by atoms with Crippen molar-refractivity contribution >= 4 is 11.9 Å². The molecule has 2 saturated heterocycles. The van der Waals surface area contributed by atoms with Crippen molar-refractivity contribution in [2.75, 3.05) is 79.0 Å². The van der Waals surface area contributed by atoms with Gasteiger partial charge in [0.25, 0.3) is 5.91 Å². The Bertz CT molecular complexity index is 646. The molecule has 0 saturated carbocycles. The summed E-state index contributed by atoms with van der Waals surface area (Å²) in [6.07, 6.45) is 1.54. The fourth-order valence-corrected chi connectivity index (χ4v) is 4.07. The lowest BCUT2D eigenvalue weighted by atomic mass is 10.1. The number of hydrogen-bond donors (Lipinski definition) is 1. The van der Waals surface area contributed by atoms with Crippen molar-refractivity contribution in [2.24, 2.45) is 10.9 Å². The maximum absolute atomic E-state index is 12.4. The number of nitrogens with zero attached hydrogens (tertiary/aromatic N) is 5. The number of nitrogens with one attached hydrogen (secondary N) is 1. The Hall–Kier alpha value is -2.06. The Morgan fingerprint density at radius 3 is 2.34 bits per heavy atom. The molecule has 1 N–H and O–H groups in total. The van der Waals surface area contributed by atoms with Crippen molar-refractivity contribution in [2.45, 2.75) is 13.8 Å². The van der Waals surface area contributed by atoms with E-state index in [0.717, 1.165) is 38.7 Å². The first-order valence-corrected chi connectivity index (χ1v) is 10.8. The van der Waals surface area contributed by atoms with Crippen LogP contribution in [0.25, 0.3) is 0 Å². The van der Waals surface area contributed by atoms with Gasteiger partial charge in [0, 0.05) is 72.5 Å². The Labute approximate surface area is 174 Å². The lowest BCUT2D eigenvalue weighted by Gasteiger charge is -2.37. The second-order valence-corrected chi connectivity index (χ2v) is 8.02. The van der Waals surface area contributed by atoms with Gasteiger partial charge in [0.15, 0.2) is 11.7 Å². The predicted octanol–water partition coefficient (Wildman–Crippen LogP) is 0.886. The molecule has 3 heterocycles. The quantitative estimate of drug-likeness (QED) is 0.561. The van der Waals surface area contributed by atoms with Crippen molar-refractivity contribution in [3.8, 4) is 0 Å². The molecule has 2 fully saturated rings. The summed E-state index contributed by atoms with van der Waals surface area (Å²) in [4.78, 5) is 26.0.